The maximum atomic E-state index is 14.0. The van der Waals surface area contributed by atoms with Crippen LogP contribution in [-0.4, -0.2) is 89.6 Å². The van der Waals surface area contributed by atoms with Crippen LogP contribution in [-0.2, 0) is 25.2 Å². The second-order valence-electron chi connectivity index (χ2n) is 12.4. The monoisotopic (exact) mass is 629 g/mol. The molecule has 44 heavy (non-hydrogen) atoms. The first-order valence-electron chi connectivity index (χ1n) is 15.9. The SMILES string of the molecule is COc1ccc(C(=O)N(C[C@@H]2CNC[C@H]2NS(=O)(=O)Cc2ccccc2)C(C)C)cc1OC(CC1CCCO1)C1CCCO1. The number of carbonyl (C=O) groups is 1. The van der Waals surface area contributed by atoms with E-state index in [1.807, 2.05) is 36.9 Å². The van der Waals surface area contributed by atoms with Gasteiger partial charge in [-0.3, -0.25) is 4.79 Å². The summed E-state index contributed by atoms with van der Waals surface area (Å²) >= 11 is 0. The van der Waals surface area contributed by atoms with Crippen LogP contribution in [0.15, 0.2) is 48.5 Å². The van der Waals surface area contributed by atoms with E-state index in [2.05, 4.69) is 10.0 Å². The van der Waals surface area contributed by atoms with Crippen LogP contribution in [0.25, 0.3) is 0 Å². The number of rotatable bonds is 14. The van der Waals surface area contributed by atoms with Gasteiger partial charge < -0.3 is 29.2 Å². The van der Waals surface area contributed by atoms with Gasteiger partial charge in [-0.2, -0.15) is 0 Å². The molecule has 3 aliphatic heterocycles. The molecule has 5 rings (SSSR count). The van der Waals surface area contributed by atoms with E-state index in [0.29, 0.717) is 43.3 Å². The third kappa shape index (κ3) is 8.51. The lowest BCUT2D eigenvalue weighted by Crippen LogP contribution is -2.47. The first kappa shape index (κ1) is 32.7. The molecular formula is C33H47N3O7S. The number of nitrogens with zero attached hydrogens (tertiary/aromatic N) is 1. The normalized spacial score (nSPS) is 24.5. The van der Waals surface area contributed by atoms with Gasteiger partial charge in [-0.15, -0.1) is 0 Å². The van der Waals surface area contributed by atoms with Crippen molar-refractivity contribution in [3.8, 4) is 11.5 Å². The molecule has 2 aromatic carbocycles. The van der Waals surface area contributed by atoms with Crippen molar-refractivity contribution in [2.24, 2.45) is 5.92 Å². The summed E-state index contributed by atoms with van der Waals surface area (Å²) in [5, 5.41) is 3.31. The lowest BCUT2D eigenvalue weighted by molar-refractivity contribution is -0.0190. The van der Waals surface area contributed by atoms with Crippen LogP contribution in [0, 0.1) is 5.92 Å². The van der Waals surface area contributed by atoms with E-state index in [-0.39, 0.29) is 48.0 Å². The molecule has 3 fully saturated rings. The van der Waals surface area contributed by atoms with Gasteiger partial charge in [-0.1, -0.05) is 30.3 Å². The lowest BCUT2D eigenvalue weighted by Gasteiger charge is -2.32. The molecule has 0 saturated carbocycles. The van der Waals surface area contributed by atoms with Crippen LogP contribution in [0.5, 0.6) is 11.5 Å². The molecule has 10 nitrogen and oxygen atoms in total. The van der Waals surface area contributed by atoms with Crippen molar-refractivity contribution >= 4 is 15.9 Å². The van der Waals surface area contributed by atoms with Crippen molar-refractivity contribution < 1.29 is 32.2 Å². The van der Waals surface area contributed by atoms with Gasteiger partial charge in [0.15, 0.2) is 11.5 Å². The maximum Gasteiger partial charge on any atom is 0.254 e. The van der Waals surface area contributed by atoms with Crippen molar-refractivity contribution in [2.45, 2.75) is 82.1 Å². The van der Waals surface area contributed by atoms with Crippen LogP contribution in [0.2, 0.25) is 0 Å². The molecule has 1 amide bonds. The highest BCUT2D eigenvalue weighted by molar-refractivity contribution is 7.88. The maximum absolute atomic E-state index is 14.0. The summed E-state index contributed by atoms with van der Waals surface area (Å²) < 4.78 is 53.1. The van der Waals surface area contributed by atoms with Gasteiger partial charge in [0.1, 0.15) is 6.10 Å². The van der Waals surface area contributed by atoms with Crippen LogP contribution in [0.4, 0.5) is 0 Å². The Labute approximate surface area is 261 Å². The van der Waals surface area contributed by atoms with Gasteiger partial charge in [0.05, 0.1) is 25.1 Å². The van der Waals surface area contributed by atoms with Gasteiger partial charge in [0, 0.05) is 62.8 Å². The minimum Gasteiger partial charge on any atom is -0.493 e. The Morgan fingerprint density at radius 1 is 1.05 bits per heavy atom. The van der Waals surface area contributed by atoms with Crippen molar-refractivity contribution in [1.82, 2.24) is 14.9 Å². The second kappa shape index (κ2) is 15.1. The zero-order valence-electron chi connectivity index (χ0n) is 26.1. The predicted molar refractivity (Wildman–Crippen MR) is 168 cm³/mol. The van der Waals surface area contributed by atoms with Gasteiger partial charge in [-0.05, 0) is 63.3 Å². The highest BCUT2D eigenvalue weighted by Gasteiger charge is 2.35. The Morgan fingerprint density at radius 2 is 1.82 bits per heavy atom. The van der Waals surface area contributed by atoms with Crippen LogP contribution in [0.3, 0.4) is 0 Å². The molecule has 0 bridgehead atoms. The molecule has 3 aliphatic rings. The molecule has 2 N–H and O–H groups in total. The number of hydrogen-bond acceptors (Lipinski definition) is 8. The standard InChI is InChI=1S/C33H47N3O7S/c1-23(2)36(21-26-19-34-20-28(26)35-44(38,39)22-24-9-5-4-6-10-24)33(37)25-13-14-29(40-3)31(17-25)43-32(30-12-8-16-42-30)18-27-11-7-15-41-27/h4-6,9-10,13-14,17,23,26-28,30,32,34-35H,7-8,11-12,15-16,18-22H2,1-3H3/t26-,27?,28+,30?,32?/m0/s1. The summed E-state index contributed by atoms with van der Waals surface area (Å²) in [6, 6.07) is 14.0. The molecule has 3 saturated heterocycles. The molecular weight excluding hydrogens is 582 g/mol. The number of ether oxygens (including phenoxy) is 4. The molecule has 5 atom stereocenters. The van der Waals surface area contributed by atoms with E-state index in [0.717, 1.165) is 44.3 Å². The topological polar surface area (TPSA) is 115 Å². The van der Waals surface area contributed by atoms with Crippen molar-refractivity contribution in [1.29, 1.82) is 0 Å². The lowest BCUT2D eigenvalue weighted by atomic mass is 10.0. The van der Waals surface area contributed by atoms with Crippen molar-refractivity contribution in [3.05, 3.63) is 59.7 Å². The third-order valence-electron chi connectivity index (χ3n) is 8.77. The number of hydrogen-bond donors (Lipinski definition) is 2. The zero-order chi connectivity index (χ0) is 31.1. The van der Waals surface area contributed by atoms with Crippen LogP contribution >= 0.6 is 0 Å². The Hall–Kier alpha value is -2.70. The third-order valence-corrected chi connectivity index (χ3v) is 10.1. The molecule has 0 aromatic heterocycles. The minimum absolute atomic E-state index is 0.0344. The Morgan fingerprint density at radius 3 is 2.50 bits per heavy atom. The minimum atomic E-state index is -3.56. The number of methoxy groups -OCH3 is 1. The highest BCUT2D eigenvalue weighted by Crippen LogP contribution is 2.34. The summed E-state index contributed by atoms with van der Waals surface area (Å²) in [5.41, 5.74) is 1.22. The molecule has 0 aliphatic carbocycles. The quantitative estimate of drug-likeness (QED) is 0.325. The van der Waals surface area contributed by atoms with Crippen molar-refractivity contribution in [2.75, 3.05) is 40.0 Å². The zero-order valence-corrected chi connectivity index (χ0v) is 26.9. The number of sulfonamides is 1. The average Bonchev–Trinajstić information content (AvgIpc) is 3.79. The molecule has 0 radical (unpaired) electrons. The summed E-state index contributed by atoms with van der Waals surface area (Å²) in [6.07, 6.45) is 4.58. The summed E-state index contributed by atoms with van der Waals surface area (Å²) in [5.74, 6) is 0.753. The van der Waals surface area contributed by atoms with E-state index in [1.165, 1.54) is 0 Å². The van der Waals surface area contributed by atoms with Crippen molar-refractivity contribution in [3.63, 3.8) is 0 Å². The predicted octanol–water partition coefficient (Wildman–Crippen LogP) is 3.75. The fourth-order valence-electron chi connectivity index (χ4n) is 6.40. The van der Waals surface area contributed by atoms with Crippen LogP contribution in [0.1, 0.15) is 61.9 Å². The van der Waals surface area contributed by atoms with Crippen LogP contribution < -0.4 is 19.5 Å². The van der Waals surface area contributed by atoms with E-state index in [4.69, 9.17) is 18.9 Å². The van der Waals surface area contributed by atoms with Gasteiger partial charge in [0.2, 0.25) is 10.0 Å². The fraction of sp³-hybridized carbons (Fsp3) is 0.606. The molecule has 242 valence electrons. The first-order chi connectivity index (χ1) is 21.2. The highest BCUT2D eigenvalue weighted by atomic mass is 32.2. The van der Waals surface area contributed by atoms with E-state index >= 15 is 0 Å². The van der Waals surface area contributed by atoms with E-state index in [1.54, 1.807) is 37.4 Å². The van der Waals surface area contributed by atoms with E-state index < -0.39 is 10.0 Å². The Kier molecular flexibility index (Phi) is 11.2. The molecule has 11 heteroatoms. The number of nitrogens with one attached hydrogen (secondary N) is 2. The number of benzene rings is 2. The summed E-state index contributed by atoms with van der Waals surface area (Å²) in [7, 11) is -1.97. The largest absolute Gasteiger partial charge is 0.493 e. The molecule has 2 aromatic rings. The summed E-state index contributed by atoms with van der Waals surface area (Å²) in [6.45, 7) is 6.96. The van der Waals surface area contributed by atoms with Gasteiger partial charge in [0.25, 0.3) is 5.91 Å². The van der Waals surface area contributed by atoms with Gasteiger partial charge in [-0.25, -0.2) is 13.1 Å². The number of carbonyl (C=O) groups excluding carboxylic acids is 1. The average molecular weight is 630 g/mol. The molecule has 3 heterocycles. The fourth-order valence-corrected chi connectivity index (χ4v) is 7.85. The van der Waals surface area contributed by atoms with Gasteiger partial charge >= 0.3 is 0 Å². The van der Waals surface area contributed by atoms with E-state index in [9.17, 15) is 13.2 Å². The smallest absolute Gasteiger partial charge is 0.254 e. The first-order valence-corrected chi connectivity index (χ1v) is 17.5. The Balaban J connectivity index is 1.29. The Bertz CT molecular complexity index is 1330. The molecule has 3 unspecified atom stereocenters. The molecule has 0 spiro atoms. The summed E-state index contributed by atoms with van der Waals surface area (Å²) in [4.78, 5) is 15.8. The second-order valence-corrected chi connectivity index (χ2v) is 14.1. The number of amides is 1.